The third-order valence-electron chi connectivity index (χ3n) is 17.7. The summed E-state index contributed by atoms with van der Waals surface area (Å²) in [5.41, 5.74) is 8.16. The molecule has 0 radical (unpaired) electrons. The van der Waals surface area contributed by atoms with Gasteiger partial charge < -0.3 is 42.6 Å². The number of benzene rings is 6. The Balaban J connectivity index is 0.760. The second kappa shape index (κ2) is 32.9. The highest BCUT2D eigenvalue weighted by Gasteiger charge is 2.24. The summed E-state index contributed by atoms with van der Waals surface area (Å²) in [4.78, 5) is 0. The van der Waals surface area contributed by atoms with Crippen LogP contribution in [-0.2, 0) is 14.2 Å². The van der Waals surface area contributed by atoms with Crippen molar-refractivity contribution < 1.29 is 42.6 Å². The van der Waals surface area contributed by atoms with Gasteiger partial charge in [-0.15, -0.1) is 0 Å². The molecule has 6 unspecified atom stereocenters. The fourth-order valence-corrected chi connectivity index (χ4v) is 12.9. The Kier molecular flexibility index (Phi) is 24.4. The smallest absolute Gasteiger partial charge is 0.197 e. The summed E-state index contributed by atoms with van der Waals surface area (Å²) in [6, 6.07) is 51.8. The summed E-state index contributed by atoms with van der Waals surface area (Å²) in [5, 5.41) is 0. The molecule has 9 heteroatoms. The van der Waals surface area contributed by atoms with Gasteiger partial charge in [0.1, 0.15) is 54.3 Å². The van der Waals surface area contributed by atoms with Crippen molar-refractivity contribution in [3.05, 3.63) is 179 Å². The summed E-state index contributed by atoms with van der Waals surface area (Å²) < 4.78 is 54.9. The number of hydrogen-bond donors (Lipinski definition) is 0. The average Bonchev–Trinajstić information content (AvgIpc) is 3.60. The largest absolute Gasteiger partial charge is 0.491 e. The number of hydrogen-bond acceptors (Lipinski definition) is 9. The molecule has 0 N–H and O–H groups in total. The van der Waals surface area contributed by atoms with E-state index in [1.807, 2.05) is 20.8 Å². The molecule has 9 nitrogen and oxygen atoms in total. The first kappa shape index (κ1) is 61.6. The van der Waals surface area contributed by atoms with Gasteiger partial charge in [0.05, 0.1) is 19.8 Å². The fraction of sp³-hybridized carbons (Fsp3) is 0.514. The van der Waals surface area contributed by atoms with Gasteiger partial charge in [-0.1, -0.05) is 144 Å². The zero-order valence-electron chi connectivity index (χ0n) is 50.7. The molecular formula is C74H96O9. The van der Waals surface area contributed by atoms with Crippen LogP contribution >= 0.6 is 0 Å². The van der Waals surface area contributed by atoms with Crippen LogP contribution in [-0.4, -0.2) is 58.5 Å². The van der Waals surface area contributed by atoms with Crippen molar-refractivity contribution in [1.29, 1.82) is 0 Å². The Morgan fingerprint density at radius 1 is 0.313 bits per heavy atom. The molecule has 446 valence electrons. The first-order valence-electron chi connectivity index (χ1n) is 32.0. The first-order valence-corrected chi connectivity index (χ1v) is 32.0. The van der Waals surface area contributed by atoms with Gasteiger partial charge in [-0.3, -0.25) is 0 Å². The quantitative estimate of drug-likeness (QED) is 0.0303. The highest BCUT2D eigenvalue weighted by molar-refractivity contribution is 5.36. The van der Waals surface area contributed by atoms with Gasteiger partial charge in [0.2, 0.25) is 0 Å². The van der Waals surface area contributed by atoms with Gasteiger partial charge in [0.25, 0.3) is 0 Å². The van der Waals surface area contributed by atoms with Crippen LogP contribution < -0.4 is 28.4 Å². The SMILES string of the molecule is CCC(CC(CC(C)c1ccc(OC(C)OCCOc2ccc(C3CCCCC3)cc2)cc1)c1ccc(OC(C)OCCOc2ccc(C3CCCCC3)cc2)cc1)c1ccc(OC(C)OCCOc2ccc(C3CCCCC3)cc2)cc1. The molecule has 6 atom stereocenters. The zero-order valence-corrected chi connectivity index (χ0v) is 50.7. The minimum atomic E-state index is -0.428. The molecule has 0 aromatic heterocycles. The van der Waals surface area contributed by atoms with E-state index >= 15 is 0 Å². The van der Waals surface area contributed by atoms with E-state index in [0.717, 1.165) is 53.8 Å². The zero-order chi connectivity index (χ0) is 57.4. The van der Waals surface area contributed by atoms with Crippen molar-refractivity contribution >= 4 is 0 Å². The fourth-order valence-electron chi connectivity index (χ4n) is 12.9. The van der Waals surface area contributed by atoms with E-state index in [1.54, 1.807) is 0 Å². The average molecular weight is 1130 g/mol. The molecule has 3 aliphatic carbocycles. The molecule has 3 aliphatic rings. The molecule has 0 bridgehead atoms. The van der Waals surface area contributed by atoms with Gasteiger partial charge in [-0.25, -0.2) is 0 Å². The van der Waals surface area contributed by atoms with Gasteiger partial charge >= 0.3 is 0 Å². The highest BCUT2D eigenvalue weighted by atomic mass is 16.7. The minimum Gasteiger partial charge on any atom is -0.491 e. The lowest BCUT2D eigenvalue weighted by Gasteiger charge is -2.27. The maximum Gasteiger partial charge on any atom is 0.197 e. The Labute approximate surface area is 498 Å². The van der Waals surface area contributed by atoms with Crippen LogP contribution in [0, 0.1) is 0 Å². The second-order valence-electron chi connectivity index (χ2n) is 23.8. The molecule has 83 heavy (non-hydrogen) atoms. The number of rotatable bonds is 32. The van der Waals surface area contributed by atoms with Crippen LogP contribution in [0.1, 0.15) is 219 Å². The van der Waals surface area contributed by atoms with Crippen molar-refractivity contribution in [2.24, 2.45) is 0 Å². The third kappa shape index (κ3) is 19.8. The van der Waals surface area contributed by atoms with E-state index < -0.39 is 18.9 Å². The predicted octanol–water partition coefficient (Wildman–Crippen LogP) is 19.2. The van der Waals surface area contributed by atoms with E-state index in [9.17, 15) is 0 Å². The van der Waals surface area contributed by atoms with Gasteiger partial charge in [-0.05, 0) is 220 Å². The maximum absolute atomic E-state index is 6.29. The van der Waals surface area contributed by atoms with Crippen molar-refractivity contribution in [3.63, 3.8) is 0 Å². The van der Waals surface area contributed by atoms with E-state index in [0.29, 0.717) is 63.3 Å². The normalized spacial score (nSPS) is 17.6. The monoisotopic (exact) mass is 1130 g/mol. The molecule has 0 amide bonds. The molecule has 6 aromatic carbocycles. The molecule has 0 spiro atoms. The minimum absolute atomic E-state index is 0.273. The Morgan fingerprint density at radius 2 is 0.602 bits per heavy atom. The van der Waals surface area contributed by atoms with Crippen LogP contribution in [0.15, 0.2) is 146 Å². The molecule has 0 heterocycles. The summed E-state index contributed by atoms with van der Waals surface area (Å²) in [6.45, 7) is 13.1. The van der Waals surface area contributed by atoms with E-state index in [-0.39, 0.29) is 11.8 Å². The molecule has 9 rings (SSSR count). The third-order valence-corrected chi connectivity index (χ3v) is 17.7. The van der Waals surface area contributed by atoms with E-state index in [2.05, 4.69) is 159 Å². The summed E-state index contributed by atoms with van der Waals surface area (Å²) in [6.07, 6.45) is 21.6. The van der Waals surface area contributed by atoms with E-state index in [4.69, 9.17) is 42.6 Å². The summed E-state index contributed by atoms with van der Waals surface area (Å²) in [7, 11) is 0. The summed E-state index contributed by atoms with van der Waals surface area (Å²) in [5.74, 6) is 7.93. The van der Waals surface area contributed by atoms with Crippen LogP contribution in [0.3, 0.4) is 0 Å². The maximum atomic E-state index is 6.29. The molecule has 0 saturated heterocycles. The molecule has 6 aromatic rings. The lowest BCUT2D eigenvalue weighted by Crippen LogP contribution is -2.20. The Morgan fingerprint density at radius 3 is 0.916 bits per heavy atom. The predicted molar refractivity (Wildman–Crippen MR) is 334 cm³/mol. The summed E-state index contributed by atoms with van der Waals surface area (Å²) >= 11 is 0. The van der Waals surface area contributed by atoms with Crippen LogP contribution in [0.2, 0.25) is 0 Å². The first-order chi connectivity index (χ1) is 40.7. The van der Waals surface area contributed by atoms with Gasteiger partial charge in [-0.2, -0.15) is 0 Å². The van der Waals surface area contributed by atoms with Gasteiger partial charge in [0, 0.05) is 0 Å². The van der Waals surface area contributed by atoms with Crippen molar-refractivity contribution in [1.82, 2.24) is 0 Å². The molecule has 0 aliphatic heterocycles. The topological polar surface area (TPSA) is 83.1 Å². The molecule has 3 saturated carbocycles. The lowest BCUT2D eigenvalue weighted by atomic mass is 9.78. The number of ether oxygens (including phenoxy) is 9. The lowest BCUT2D eigenvalue weighted by molar-refractivity contribution is -0.0741. The second-order valence-corrected chi connectivity index (χ2v) is 23.8. The van der Waals surface area contributed by atoms with Gasteiger partial charge in [0.15, 0.2) is 18.9 Å². The van der Waals surface area contributed by atoms with Crippen LogP contribution in [0.5, 0.6) is 34.5 Å². The van der Waals surface area contributed by atoms with Crippen LogP contribution in [0.25, 0.3) is 0 Å². The van der Waals surface area contributed by atoms with Crippen LogP contribution in [0.4, 0.5) is 0 Å². The van der Waals surface area contributed by atoms with Crippen molar-refractivity contribution in [3.8, 4) is 34.5 Å². The molecule has 3 fully saturated rings. The van der Waals surface area contributed by atoms with E-state index in [1.165, 1.54) is 130 Å². The standard InChI is InChI=1S/C74H96O9/c1-6-58(63-30-42-73(43-31-63)82-56(4)76-47-50-79-70-36-26-65(27-37-70)61-18-12-8-13-19-61)53-68(67-32-44-74(45-33-67)83-57(5)77-48-51-80-71-38-28-66(29-39-71)62-20-14-9-15-21-62)52-54(2)59-22-40-72(41-23-59)81-55(3)75-46-49-78-69-34-24-64(25-35-69)60-16-10-7-11-17-60/h22-45,54-58,60-62,68H,6-21,46-53H2,1-5H3. The Hall–Kier alpha value is -6.00. The Bertz CT molecular complexity index is 2710. The van der Waals surface area contributed by atoms with Crippen molar-refractivity contribution in [2.75, 3.05) is 39.6 Å². The molecular weight excluding hydrogens is 1030 g/mol. The highest BCUT2D eigenvalue weighted by Crippen LogP contribution is 2.41. The van der Waals surface area contributed by atoms with Crippen molar-refractivity contribution in [2.45, 2.75) is 205 Å².